The summed E-state index contributed by atoms with van der Waals surface area (Å²) in [5.41, 5.74) is 4.80. The number of hydrogen-bond acceptors (Lipinski definition) is 1. The van der Waals surface area contributed by atoms with Crippen molar-refractivity contribution in [3.05, 3.63) is 84.2 Å². The molecule has 2 aromatic carbocycles. The average Bonchev–Trinajstić information content (AvgIpc) is 3.09. The maximum Gasteiger partial charge on any atom is 0.219 e. The molecule has 0 fully saturated rings. The standard InChI is InChI=1S/C21H22N2O/c1-2-21(24)22-14-17-8-10-19(11-9-17)20-12-13-23(16-20)15-18-6-4-3-5-7-18/h3-13,16H,2,14-15H2,1H3,(H,22,24). The van der Waals surface area contributed by atoms with Gasteiger partial charge in [-0.1, -0.05) is 61.5 Å². The number of carbonyl (C=O) groups is 1. The van der Waals surface area contributed by atoms with Crippen molar-refractivity contribution in [2.45, 2.75) is 26.4 Å². The van der Waals surface area contributed by atoms with Crippen LogP contribution >= 0.6 is 0 Å². The van der Waals surface area contributed by atoms with Crippen LogP contribution in [0.1, 0.15) is 24.5 Å². The fourth-order valence-corrected chi connectivity index (χ4v) is 2.64. The largest absolute Gasteiger partial charge is 0.352 e. The predicted octanol–water partition coefficient (Wildman–Crippen LogP) is 4.23. The second-order valence-electron chi connectivity index (χ2n) is 5.89. The van der Waals surface area contributed by atoms with Gasteiger partial charge in [0.2, 0.25) is 5.91 Å². The molecule has 1 N–H and O–H groups in total. The molecule has 3 heteroatoms. The summed E-state index contributed by atoms with van der Waals surface area (Å²) in [5, 5.41) is 2.90. The highest BCUT2D eigenvalue weighted by Crippen LogP contribution is 2.21. The molecule has 24 heavy (non-hydrogen) atoms. The lowest BCUT2D eigenvalue weighted by molar-refractivity contribution is -0.120. The molecule has 0 atom stereocenters. The van der Waals surface area contributed by atoms with E-state index in [-0.39, 0.29) is 5.91 Å². The van der Waals surface area contributed by atoms with E-state index in [1.807, 2.05) is 13.0 Å². The molecular formula is C21H22N2O. The summed E-state index contributed by atoms with van der Waals surface area (Å²) >= 11 is 0. The van der Waals surface area contributed by atoms with E-state index in [4.69, 9.17) is 0 Å². The Labute approximate surface area is 143 Å². The third-order valence-corrected chi connectivity index (χ3v) is 4.06. The first-order chi connectivity index (χ1) is 11.7. The highest BCUT2D eigenvalue weighted by Gasteiger charge is 2.03. The normalized spacial score (nSPS) is 10.5. The van der Waals surface area contributed by atoms with Crippen LogP contribution in [0.5, 0.6) is 0 Å². The van der Waals surface area contributed by atoms with Gasteiger partial charge in [-0.3, -0.25) is 4.79 Å². The Balaban J connectivity index is 1.65. The third-order valence-electron chi connectivity index (χ3n) is 4.06. The second kappa shape index (κ2) is 7.64. The monoisotopic (exact) mass is 318 g/mol. The first-order valence-corrected chi connectivity index (χ1v) is 8.30. The van der Waals surface area contributed by atoms with Crippen LogP contribution in [0.4, 0.5) is 0 Å². The van der Waals surface area contributed by atoms with Crippen molar-refractivity contribution in [2.75, 3.05) is 0 Å². The van der Waals surface area contributed by atoms with Gasteiger partial charge in [-0.2, -0.15) is 0 Å². The van der Waals surface area contributed by atoms with Crippen LogP contribution in [0, 0.1) is 0 Å². The smallest absolute Gasteiger partial charge is 0.219 e. The summed E-state index contributed by atoms with van der Waals surface area (Å²) in [4.78, 5) is 11.3. The number of nitrogens with zero attached hydrogens (tertiary/aromatic N) is 1. The van der Waals surface area contributed by atoms with Crippen molar-refractivity contribution in [3.8, 4) is 11.1 Å². The topological polar surface area (TPSA) is 34.0 Å². The number of nitrogens with one attached hydrogen (secondary N) is 1. The zero-order chi connectivity index (χ0) is 16.8. The molecule has 0 bridgehead atoms. The Kier molecular flexibility index (Phi) is 5.12. The number of carbonyl (C=O) groups excluding carboxylic acids is 1. The number of hydrogen-bond donors (Lipinski definition) is 1. The maximum absolute atomic E-state index is 11.3. The summed E-state index contributed by atoms with van der Waals surface area (Å²) in [6, 6.07) is 20.9. The fourth-order valence-electron chi connectivity index (χ4n) is 2.64. The lowest BCUT2D eigenvalue weighted by Gasteiger charge is -2.05. The van der Waals surface area contributed by atoms with E-state index in [1.54, 1.807) is 0 Å². The second-order valence-corrected chi connectivity index (χ2v) is 5.89. The van der Waals surface area contributed by atoms with Crippen molar-refractivity contribution >= 4 is 5.91 Å². The van der Waals surface area contributed by atoms with E-state index in [0.29, 0.717) is 13.0 Å². The lowest BCUT2D eigenvalue weighted by atomic mass is 10.1. The fraction of sp³-hybridized carbons (Fsp3) is 0.190. The molecule has 3 nitrogen and oxygen atoms in total. The minimum absolute atomic E-state index is 0.0806. The van der Waals surface area contributed by atoms with E-state index in [0.717, 1.165) is 12.1 Å². The Morgan fingerprint density at radius 3 is 2.38 bits per heavy atom. The van der Waals surface area contributed by atoms with Gasteiger partial charge in [0.15, 0.2) is 0 Å². The Morgan fingerprint density at radius 2 is 1.67 bits per heavy atom. The molecule has 0 spiro atoms. The first-order valence-electron chi connectivity index (χ1n) is 8.30. The summed E-state index contributed by atoms with van der Waals surface area (Å²) in [6.07, 6.45) is 4.80. The van der Waals surface area contributed by atoms with Crippen LogP contribution in [0.15, 0.2) is 73.1 Å². The van der Waals surface area contributed by atoms with Gasteiger partial charge in [0.25, 0.3) is 0 Å². The van der Waals surface area contributed by atoms with Gasteiger partial charge < -0.3 is 9.88 Å². The molecule has 1 heterocycles. The van der Waals surface area contributed by atoms with Crippen LogP contribution in [-0.4, -0.2) is 10.5 Å². The molecule has 3 aromatic rings. The Hall–Kier alpha value is -2.81. The Bertz CT molecular complexity index is 788. The van der Waals surface area contributed by atoms with Crippen molar-refractivity contribution in [1.82, 2.24) is 9.88 Å². The molecule has 0 radical (unpaired) electrons. The molecular weight excluding hydrogens is 296 g/mol. The van der Waals surface area contributed by atoms with Crippen LogP contribution in [0.25, 0.3) is 11.1 Å². The predicted molar refractivity (Wildman–Crippen MR) is 97.5 cm³/mol. The third kappa shape index (κ3) is 4.13. The zero-order valence-corrected chi connectivity index (χ0v) is 13.9. The molecule has 0 unspecified atom stereocenters. The first kappa shape index (κ1) is 16.1. The highest BCUT2D eigenvalue weighted by atomic mass is 16.1. The quantitative estimate of drug-likeness (QED) is 0.725. The van der Waals surface area contributed by atoms with Crippen LogP contribution in [-0.2, 0) is 17.9 Å². The number of amides is 1. The van der Waals surface area contributed by atoms with E-state index >= 15 is 0 Å². The molecule has 122 valence electrons. The van der Waals surface area contributed by atoms with Gasteiger partial charge in [-0.25, -0.2) is 0 Å². The van der Waals surface area contributed by atoms with E-state index in [9.17, 15) is 4.79 Å². The minimum atomic E-state index is 0.0806. The number of benzene rings is 2. The molecule has 1 aromatic heterocycles. The molecule has 0 saturated heterocycles. The maximum atomic E-state index is 11.3. The zero-order valence-electron chi connectivity index (χ0n) is 13.9. The SMILES string of the molecule is CCC(=O)NCc1ccc(-c2ccn(Cc3ccccc3)c2)cc1. The van der Waals surface area contributed by atoms with Gasteiger partial charge >= 0.3 is 0 Å². The minimum Gasteiger partial charge on any atom is -0.352 e. The highest BCUT2D eigenvalue weighted by molar-refractivity contribution is 5.75. The van der Waals surface area contributed by atoms with Crippen LogP contribution in [0.3, 0.4) is 0 Å². The summed E-state index contributed by atoms with van der Waals surface area (Å²) in [6.45, 7) is 3.32. The van der Waals surface area contributed by atoms with Crippen molar-refractivity contribution in [2.24, 2.45) is 0 Å². The van der Waals surface area contributed by atoms with E-state index in [1.165, 1.54) is 16.7 Å². The van der Waals surface area contributed by atoms with Crippen molar-refractivity contribution in [1.29, 1.82) is 0 Å². The van der Waals surface area contributed by atoms with Crippen molar-refractivity contribution in [3.63, 3.8) is 0 Å². The van der Waals surface area contributed by atoms with Crippen LogP contribution in [0.2, 0.25) is 0 Å². The van der Waals surface area contributed by atoms with Gasteiger partial charge in [0.05, 0.1) is 0 Å². The van der Waals surface area contributed by atoms with E-state index in [2.05, 4.69) is 76.9 Å². The Morgan fingerprint density at radius 1 is 0.917 bits per heavy atom. The van der Waals surface area contributed by atoms with Gasteiger partial charge in [0, 0.05) is 31.9 Å². The lowest BCUT2D eigenvalue weighted by Crippen LogP contribution is -2.21. The number of aromatic nitrogens is 1. The molecule has 0 aliphatic carbocycles. The molecule has 1 amide bonds. The summed E-state index contributed by atoms with van der Waals surface area (Å²) < 4.78 is 2.19. The van der Waals surface area contributed by atoms with Gasteiger partial charge in [-0.05, 0) is 28.3 Å². The van der Waals surface area contributed by atoms with Crippen LogP contribution < -0.4 is 5.32 Å². The molecule has 0 saturated carbocycles. The molecule has 3 rings (SSSR count). The van der Waals surface area contributed by atoms with Crippen molar-refractivity contribution < 1.29 is 4.79 Å². The average molecular weight is 318 g/mol. The number of rotatable bonds is 6. The van der Waals surface area contributed by atoms with E-state index < -0.39 is 0 Å². The molecule has 0 aliphatic heterocycles. The van der Waals surface area contributed by atoms with Gasteiger partial charge in [0.1, 0.15) is 0 Å². The molecule has 0 aliphatic rings. The summed E-state index contributed by atoms with van der Waals surface area (Å²) in [5.74, 6) is 0.0806. The van der Waals surface area contributed by atoms with Gasteiger partial charge in [-0.15, -0.1) is 0 Å². The summed E-state index contributed by atoms with van der Waals surface area (Å²) in [7, 11) is 0.